The van der Waals surface area contributed by atoms with Crippen molar-refractivity contribution in [1.82, 2.24) is 4.90 Å². The van der Waals surface area contributed by atoms with E-state index in [0.717, 1.165) is 18.5 Å². The van der Waals surface area contributed by atoms with E-state index in [0.29, 0.717) is 28.8 Å². The maximum absolute atomic E-state index is 13.9. The van der Waals surface area contributed by atoms with Gasteiger partial charge in [-0.25, -0.2) is 4.39 Å². The van der Waals surface area contributed by atoms with E-state index in [4.69, 9.17) is 22.1 Å². The van der Waals surface area contributed by atoms with E-state index in [9.17, 15) is 4.39 Å². The molecule has 1 heterocycles. The zero-order valence-electron chi connectivity index (χ0n) is 11.5. The summed E-state index contributed by atoms with van der Waals surface area (Å²) in [5.41, 5.74) is 7.21. The molecule has 2 atom stereocenters. The van der Waals surface area contributed by atoms with Gasteiger partial charge in [0.15, 0.2) is 0 Å². The Morgan fingerprint density at radius 2 is 2.26 bits per heavy atom. The van der Waals surface area contributed by atoms with Gasteiger partial charge in [-0.3, -0.25) is 4.90 Å². The molecule has 1 fully saturated rings. The Morgan fingerprint density at radius 3 is 2.79 bits per heavy atom. The van der Waals surface area contributed by atoms with Gasteiger partial charge >= 0.3 is 0 Å². The van der Waals surface area contributed by atoms with Gasteiger partial charge in [0, 0.05) is 18.2 Å². The number of rotatable bonds is 3. The quantitative estimate of drug-likeness (QED) is 0.928. The number of ether oxygens (including phenoxy) is 1. The minimum Gasteiger partial charge on any atom is -0.495 e. The van der Waals surface area contributed by atoms with Gasteiger partial charge in [0.2, 0.25) is 0 Å². The first kappa shape index (κ1) is 14.6. The summed E-state index contributed by atoms with van der Waals surface area (Å²) < 4.78 is 19.3. The van der Waals surface area contributed by atoms with E-state index in [2.05, 4.69) is 4.90 Å². The molecule has 5 heteroatoms. The van der Waals surface area contributed by atoms with Crippen LogP contribution >= 0.6 is 11.6 Å². The standard InChI is InChI=1S/C14H20ClFN2O/c1-8-11(16)5-10(15)14(19-3)13(8)12-4-9(6-17)7-18(12)2/h5,9,12H,4,6-7,17H2,1-3H3. The Kier molecular flexibility index (Phi) is 4.33. The first-order chi connectivity index (χ1) is 8.99. The highest BCUT2D eigenvalue weighted by Gasteiger charge is 2.34. The molecule has 0 aliphatic carbocycles. The highest BCUT2D eigenvalue weighted by molar-refractivity contribution is 6.32. The minimum absolute atomic E-state index is 0.108. The number of methoxy groups -OCH3 is 1. The molecule has 3 nitrogen and oxygen atoms in total. The summed E-state index contributed by atoms with van der Waals surface area (Å²) in [5, 5.41) is 0.324. The van der Waals surface area contributed by atoms with Gasteiger partial charge in [-0.05, 0) is 44.5 Å². The van der Waals surface area contributed by atoms with Crippen LogP contribution < -0.4 is 10.5 Å². The fourth-order valence-electron chi connectivity index (χ4n) is 2.94. The molecule has 1 aromatic carbocycles. The summed E-state index contributed by atoms with van der Waals surface area (Å²) in [6.07, 6.45) is 0.907. The maximum atomic E-state index is 13.9. The molecular weight excluding hydrogens is 267 g/mol. The molecule has 0 bridgehead atoms. The summed E-state index contributed by atoms with van der Waals surface area (Å²) in [6.45, 7) is 3.33. The fraction of sp³-hybridized carbons (Fsp3) is 0.571. The maximum Gasteiger partial charge on any atom is 0.142 e. The number of halogens is 2. The first-order valence-corrected chi connectivity index (χ1v) is 6.80. The second-order valence-corrected chi connectivity index (χ2v) is 5.61. The molecule has 0 radical (unpaired) electrons. The van der Waals surface area contributed by atoms with Crippen molar-refractivity contribution in [3.8, 4) is 5.75 Å². The fourth-order valence-corrected chi connectivity index (χ4v) is 3.21. The molecule has 1 aliphatic heterocycles. The lowest BCUT2D eigenvalue weighted by molar-refractivity contribution is 0.301. The summed E-state index contributed by atoms with van der Waals surface area (Å²) >= 11 is 6.09. The van der Waals surface area contributed by atoms with Gasteiger partial charge in [-0.2, -0.15) is 0 Å². The molecule has 2 rings (SSSR count). The van der Waals surface area contributed by atoms with Crippen molar-refractivity contribution in [2.75, 3.05) is 27.2 Å². The number of likely N-dealkylation sites (tertiary alicyclic amines) is 1. The monoisotopic (exact) mass is 286 g/mol. The molecular formula is C14H20ClFN2O. The molecule has 19 heavy (non-hydrogen) atoms. The molecule has 1 aliphatic rings. The lowest BCUT2D eigenvalue weighted by Crippen LogP contribution is -2.21. The summed E-state index contributed by atoms with van der Waals surface area (Å²) in [7, 11) is 3.59. The molecule has 0 spiro atoms. The minimum atomic E-state index is -0.287. The van der Waals surface area contributed by atoms with Gasteiger partial charge in [0.25, 0.3) is 0 Å². The van der Waals surface area contributed by atoms with E-state index in [-0.39, 0.29) is 11.9 Å². The van der Waals surface area contributed by atoms with E-state index in [1.807, 2.05) is 7.05 Å². The van der Waals surface area contributed by atoms with Crippen molar-refractivity contribution in [2.45, 2.75) is 19.4 Å². The third-order valence-electron chi connectivity index (χ3n) is 3.98. The molecule has 106 valence electrons. The Balaban J connectivity index is 2.49. The molecule has 0 amide bonds. The third-order valence-corrected chi connectivity index (χ3v) is 4.26. The van der Waals surface area contributed by atoms with Crippen LogP contribution in [0.2, 0.25) is 5.02 Å². The number of hydrogen-bond donors (Lipinski definition) is 1. The topological polar surface area (TPSA) is 38.5 Å². The van der Waals surface area contributed by atoms with Crippen LogP contribution in [0.25, 0.3) is 0 Å². The van der Waals surface area contributed by atoms with Crippen LogP contribution in [0.15, 0.2) is 6.07 Å². The van der Waals surface area contributed by atoms with Crippen molar-refractivity contribution in [3.05, 3.63) is 28.0 Å². The normalized spacial score (nSPS) is 23.9. The van der Waals surface area contributed by atoms with E-state index >= 15 is 0 Å². The molecule has 2 N–H and O–H groups in total. The second kappa shape index (κ2) is 5.65. The van der Waals surface area contributed by atoms with Crippen molar-refractivity contribution < 1.29 is 9.13 Å². The van der Waals surface area contributed by atoms with Gasteiger partial charge in [0.1, 0.15) is 11.6 Å². The predicted molar refractivity (Wildman–Crippen MR) is 75.2 cm³/mol. The average Bonchev–Trinajstić information content (AvgIpc) is 2.74. The molecule has 2 unspecified atom stereocenters. The van der Waals surface area contributed by atoms with Gasteiger partial charge < -0.3 is 10.5 Å². The van der Waals surface area contributed by atoms with Crippen LogP contribution in [0.4, 0.5) is 4.39 Å². The lowest BCUT2D eigenvalue weighted by Gasteiger charge is -2.24. The van der Waals surface area contributed by atoms with Crippen LogP contribution in [0.3, 0.4) is 0 Å². The number of nitrogens with two attached hydrogens (primary N) is 1. The summed E-state index contributed by atoms with van der Waals surface area (Å²) in [5.74, 6) is 0.724. The van der Waals surface area contributed by atoms with E-state index in [1.165, 1.54) is 6.07 Å². The first-order valence-electron chi connectivity index (χ1n) is 6.42. The van der Waals surface area contributed by atoms with Crippen molar-refractivity contribution in [3.63, 3.8) is 0 Å². The Morgan fingerprint density at radius 1 is 1.58 bits per heavy atom. The van der Waals surface area contributed by atoms with Gasteiger partial charge in [0.05, 0.1) is 12.1 Å². The smallest absolute Gasteiger partial charge is 0.142 e. The summed E-state index contributed by atoms with van der Waals surface area (Å²) in [4.78, 5) is 2.19. The Labute approximate surface area is 118 Å². The molecule has 0 saturated carbocycles. The van der Waals surface area contributed by atoms with Crippen LogP contribution in [-0.2, 0) is 0 Å². The van der Waals surface area contributed by atoms with Crippen LogP contribution in [0.5, 0.6) is 5.75 Å². The third kappa shape index (κ3) is 2.57. The average molecular weight is 287 g/mol. The van der Waals surface area contributed by atoms with Crippen LogP contribution in [-0.4, -0.2) is 32.1 Å². The molecule has 1 aromatic rings. The number of nitrogens with zero attached hydrogens (tertiary/aromatic N) is 1. The Hall–Kier alpha value is -0.840. The largest absolute Gasteiger partial charge is 0.495 e. The number of benzene rings is 1. The summed E-state index contributed by atoms with van der Waals surface area (Å²) in [6, 6.07) is 1.42. The highest BCUT2D eigenvalue weighted by atomic mass is 35.5. The molecule has 0 aromatic heterocycles. The second-order valence-electron chi connectivity index (χ2n) is 5.20. The van der Waals surface area contributed by atoms with Crippen molar-refractivity contribution in [2.24, 2.45) is 11.7 Å². The van der Waals surface area contributed by atoms with Crippen LogP contribution in [0, 0.1) is 18.7 Å². The van der Waals surface area contributed by atoms with Gasteiger partial charge in [-0.1, -0.05) is 11.6 Å². The van der Waals surface area contributed by atoms with Crippen LogP contribution in [0.1, 0.15) is 23.6 Å². The predicted octanol–water partition coefficient (Wildman–Crippen LogP) is 2.75. The molecule has 1 saturated heterocycles. The SMILES string of the molecule is COc1c(Cl)cc(F)c(C)c1C1CC(CN)CN1C. The van der Waals surface area contributed by atoms with Gasteiger partial charge in [-0.15, -0.1) is 0 Å². The highest BCUT2D eigenvalue weighted by Crippen LogP contribution is 2.43. The van der Waals surface area contributed by atoms with E-state index < -0.39 is 0 Å². The number of hydrogen-bond acceptors (Lipinski definition) is 3. The van der Waals surface area contributed by atoms with E-state index in [1.54, 1.807) is 14.0 Å². The lowest BCUT2D eigenvalue weighted by atomic mass is 9.95. The van der Waals surface area contributed by atoms with Crippen molar-refractivity contribution in [1.29, 1.82) is 0 Å². The van der Waals surface area contributed by atoms with Crippen molar-refractivity contribution >= 4 is 11.6 Å². The Bertz CT molecular complexity index is 481. The zero-order chi connectivity index (χ0) is 14.2. The zero-order valence-corrected chi connectivity index (χ0v) is 12.3.